The zero-order valence-electron chi connectivity index (χ0n) is 12.9. The van der Waals surface area contributed by atoms with E-state index in [9.17, 15) is 14.4 Å². The van der Waals surface area contributed by atoms with Crippen LogP contribution >= 0.6 is 11.6 Å². The number of hydrogen-bond donors (Lipinski definition) is 3. The van der Waals surface area contributed by atoms with Crippen LogP contribution in [0.25, 0.3) is 0 Å². The standard InChI is InChI=1S/C15H19ClN2O5/c1-9-8-11(16)6-7-12(9)23-10(2)15(22)18-17-13(19)4-3-5-14(20)21/h6-8,10H,3-5H2,1-2H3,(H,17,19)(H,18,22)(H,20,21)/t10-/m0/s1. The van der Waals surface area contributed by atoms with Gasteiger partial charge in [0.1, 0.15) is 5.75 Å². The summed E-state index contributed by atoms with van der Waals surface area (Å²) in [4.78, 5) is 33.6. The van der Waals surface area contributed by atoms with Crippen molar-refractivity contribution in [2.45, 2.75) is 39.2 Å². The molecule has 1 rings (SSSR count). The predicted octanol–water partition coefficient (Wildman–Crippen LogP) is 1.82. The number of aliphatic carboxylic acids is 1. The van der Waals surface area contributed by atoms with Gasteiger partial charge in [-0.2, -0.15) is 0 Å². The molecule has 8 heteroatoms. The molecule has 0 bridgehead atoms. The number of nitrogens with one attached hydrogen (secondary N) is 2. The molecule has 7 nitrogen and oxygen atoms in total. The molecule has 1 aromatic rings. The topological polar surface area (TPSA) is 105 Å². The number of carboxylic acids is 1. The third kappa shape index (κ3) is 7.01. The second-order valence-electron chi connectivity index (χ2n) is 4.95. The average Bonchev–Trinajstić information content (AvgIpc) is 2.47. The SMILES string of the molecule is Cc1cc(Cl)ccc1O[C@@H](C)C(=O)NNC(=O)CCCC(=O)O. The van der Waals surface area contributed by atoms with Gasteiger partial charge in [0.05, 0.1) is 0 Å². The molecule has 0 aromatic heterocycles. The van der Waals surface area contributed by atoms with Gasteiger partial charge in [0.2, 0.25) is 5.91 Å². The van der Waals surface area contributed by atoms with E-state index in [1.54, 1.807) is 32.0 Å². The molecular formula is C15H19ClN2O5. The van der Waals surface area contributed by atoms with Crippen molar-refractivity contribution in [3.63, 3.8) is 0 Å². The molecule has 0 radical (unpaired) electrons. The summed E-state index contributed by atoms with van der Waals surface area (Å²) in [6.45, 7) is 3.34. The highest BCUT2D eigenvalue weighted by atomic mass is 35.5. The Bertz CT molecular complexity index is 591. The van der Waals surface area contributed by atoms with Crippen LogP contribution in [0.4, 0.5) is 0 Å². The van der Waals surface area contributed by atoms with Gasteiger partial charge in [0.15, 0.2) is 6.10 Å². The molecule has 126 valence electrons. The monoisotopic (exact) mass is 342 g/mol. The van der Waals surface area contributed by atoms with Crippen molar-refractivity contribution in [1.82, 2.24) is 10.9 Å². The molecule has 23 heavy (non-hydrogen) atoms. The summed E-state index contributed by atoms with van der Waals surface area (Å²) in [6, 6.07) is 5.02. The number of ether oxygens (including phenoxy) is 1. The van der Waals surface area contributed by atoms with E-state index >= 15 is 0 Å². The number of carbonyl (C=O) groups is 3. The third-order valence-electron chi connectivity index (χ3n) is 2.93. The first-order valence-corrected chi connectivity index (χ1v) is 7.40. The molecule has 1 atom stereocenters. The number of aryl methyl sites for hydroxylation is 1. The van der Waals surface area contributed by atoms with Gasteiger partial charge in [-0.05, 0) is 44.0 Å². The number of rotatable bonds is 7. The fraction of sp³-hybridized carbons (Fsp3) is 0.400. The normalized spacial score (nSPS) is 11.4. The first-order chi connectivity index (χ1) is 10.8. The highest BCUT2D eigenvalue weighted by Gasteiger charge is 2.16. The summed E-state index contributed by atoms with van der Waals surface area (Å²) < 4.78 is 5.51. The van der Waals surface area contributed by atoms with Gasteiger partial charge in [0, 0.05) is 17.9 Å². The third-order valence-corrected chi connectivity index (χ3v) is 3.16. The van der Waals surface area contributed by atoms with Crippen molar-refractivity contribution in [3.05, 3.63) is 28.8 Å². The minimum atomic E-state index is -0.970. The Morgan fingerprint density at radius 2 is 1.96 bits per heavy atom. The van der Waals surface area contributed by atoms with Gasteiger partial charge < -0.3 is 9.84 Å². The second-order valence-corrected chi connectivity index (χ2v) is 5.39. The fourth-order valence-electron chi connectivity index (χ4n) is 1.68. The van der Waals surface area contributed by atoms with E-state index < -0.39 is 23.9 Å². The minimum Gasteiger partial charge on any atom is -0.481 e. The Morgan fingerprint density at radius 3 is 2.57 bits per heavy atom. The van der Waals surface area contributed by atoms with Gasteiger partial charge in [-0.15, -0.1) is 0 Å². The summed E-state index contributed by atoms with van der Waals surface area (Å²) in [5, 5.41) is 9.04. The Hall–Kier alpha value is -2.28. The minimum absolute atomic E-state index is 0.0120. The van der Waals surface area contributed by atoms with Gasteiger partial charge in [-0.3, -0.25) is 25.2 Å². The molecule has 2 amide bonds. The Morgan fingerprint density at radius 1 is 1.26 bits per heavy atom. The molecule has 0 unspecified atom stereocenters. The van der Waals surface area contributed by atoms with Crippen molar-refractivity contribution in [2.75, 3.05) is 0 Å². The number of carbonyl (C=O) groups excluding carboxylic acids is 2. The summed E-state index contributed by atoms with van der Waals surface area (Å²) in [7, 11) is 0. The highest BCUT2D eigenvalue weighted by Crippen LogP contribution is 2.22. The lowest BCUT2D eigenvalue weighted by molar-refractivity contribution is -0.137. The van der Waals surface area contributed by atoms with Crippen LogP contribution in [0.2, 0.25) is 5.02 Å². The van der Waals surface area contributed by atoms with Crippen LogP contribution in [0.5, 0.6) is 5.75 Å². The number of benzene rings is 1. The number of hydrazine groups is 1. The Kier molecular flexibility index (Phi) is 7.34. The largest absolute Gasteiger partial charge is 0.481 e. The van der Waals surface area contributed by atoms with Crippen molar-refractivity contribution in [3.8, 4) is 5.75 Å². The molecule has 0 saturated heterocycles. The van der Waals surface area contributed by atoms with Crippen molar-refractivity contribution in [2.24, 2.45) is 0 Å². The molecule has 0 aliphatic heterocycles. The van der Waals surface area contributed by atoms with Crippen molar-refractivity contribution < 1.29 is 24.2 Å². The number of carboxylic acid groups (broad SMARTS) is 1. The van der Waals surface area contributed by atoms with E-state index in [0.29, 0.717) is 10.8 Å². The van der Waals surface area contributed by atoms with Gasteiger partial charge >= 0.3 is 5.97 Å². The summed E-state index contributed by atoms with van der Waals surface area (Å²) >= 11 is 5.84. The highest BCUT2D eigenvalue weighted by molar-refractivity contribution is 6.30. The number of halogens is 1. The van der Waals surface area contributed by atoms with E-state index in [-0.39, 0.29) is 19.3 Å². The zero-order chi connectivity index (χ0) is 17.4. The van der Waals surface area contributed by atoms with Crippen LogP contribution in [0, 0.1) is 6.92 Å². The van der Waals surface area contributed by atoms with Gasteiger partial charge in [0.25, 0.3) is 5.91 Å². The van der Waals surface area contributed by atoms with Gasteiger partial charge in [-0.1, -0.05) is 11.6 Å². The van der Waals surface area contributed by atoms with E-state index in [2.05, 4.69) is 10.9 Å². The quantitative estimate of drug-likeness (QED) is 0.655. The second kappa shape index (κ2) is 8.99. The van der Waals surface area contributed by atoms with Crippen LogP contribution in [0.15, 0.2) is 18.2 Å². The lowest BCUT2D eigenvalue weighted by Gasteiger charge is -2.16. The molecule has 0 saturated carbocycles. The van der Waals surface area contributed by atoms with Crippen LogP contribution in [0.3, 0.4) is 0 Å². The van der Waals surface area contributed by atoms with Crippen molar-refractivity contribution in [1.29, 1.82) is 0 Å². The van der Waals surface area contributed by atoms with Crippen LogP contribution in [-0.2, 0) is 14.4 Å². The lowest BCUT2D eigenvalue weighted by Crippen LogP contribution is -2.47. The summed E-state index contributed by atoms with van der Waals surface area (Å²) in [5.41, 5.74) is 5.24. The first-order valence-electron chi connectivity index (χ1n) is 7.03. The number of hydrogen-bond acceptors (Lipinski definition) is 4. The van der Waals surface area contributed by atoms with Crippen LogP contribution in [-0.4, -0.2) is 29.0 Å². The lowest BCUT2D eigenvalue weighted by atomic mass is 10.2. The van der Waals surface area contributed by atoms with E-state index in [1.807, 2.05) is 0 Å². The summed E-state index contributed by atoms with van der Waals surface area (Å²) in [5.74, 6) is -1.44. The predicted molar refractivity (Wildman–Crippen MR) is 84.1 cm³/mol. The summed E-state index contributed by atoms with van der Waals surface area (Å²) in [6.07, 6.45) is -0.712. The van der Waals surface area contributed by atoms with Crippen molar-refractivity contribution >= 4 is 29.4 Å². The fourth-order valence-corrected chi connectivity index (χ4v) is 1.91. The van der Waals surface area contributed by atoms with Crippen LogP contribution < -0.4 is 15.6 Å². The molecule has 1 aromatic carbocycles. The van der Waals surface area contributed by atoms with E-state index in [0.717, 1.165) is 5.56 Å². The molecule has 0 aliphatic rings. The smallest absolute Gasteiger partial charge is 0.303 e. The molecule has 3 N–H and O–H groups in total. The Balaban J connectivity index is 2.39. The van der Waals surface area contributed by atoms with Gasteiger partial charge in [-0.25, -0.2) is 0 Å². The van der Waals surface area contributed by atoms with E-state index in [4.69, 9.17) is 21.4 Å². The zero-order valence-corrected chi connectivity index (χ0v) is 13.6. The Labute approximate surface area is 138 Å². The average molecular weight is 343 g/mol. The maximum absolute atomic E-state index is 11.8. The maximum Gasteiger partial charge on any atom is 0.303 e. The molecule has 0 heterocycles. The molecule has 0 spiro atoms. The van der Waals surface area contributed by atoms with E-state index in [1.165, 1.54) is 0 Å². The first kappa shape index (κ1) is 18.8. The maximum atomic E-state index is 11.8. The molecule has 0 aliphatic carbocycles. The number of amides is 2. The molecular weight excluding hydrogens is 324 g/mol. The van der Waals surface area contributed by atoms with Crippen LogP contribution in [0.1, 0.15) is 31.7 Å². The molecule has 0 fully saturated rings.